The van der Waals surface area contributed by atoms with Gasteiger partial charge < -0.3 is 10.1 Å². The van der Waals surface area contributed by atoms with Crippen molar-refractivity contribution in [1.82, 2.24) is 5.32 Å². The molecule has 2 nitrogen and oxygen atoms in total. The zero-order valence-corrected chi connectivity index (χ0v) is 7.11. The summed E-state index contributed by atoms with van der Waals surface area (Å²) in [6.45, 7) is 3.77. The van der Waals surface area contributed by atoms with Crippen molar-refractivity contribution >= 4 is 5.78 Å². The van der Waals surface area contributed by atoms with E-state index in [4.69, 9.17) is 0 Å². The Bertz CT molecular complexity index is 97.4. The third-order valence-corrected chi connectivity index (χ3v) is 1.75. The summed E-state index contributed by atoms with van der Waals surface area (Å²) in [4.78, 5) is 10.6. The molecule has 1 unspecified atom stereocenters. The Labute approximate surface area is 63.0 Å². The number of carbonyl (C=O) groups excluding carboxylic acids is 1. The van der Waals surface area contributed by atoms with Crippen LogP contribution >= 0.6 is 0 Å². The third-order valence-electron chi connectivity index (χ3n) is 1.75. The summed E-state index contributed by atoms with van der Waals surface area (Å²) in [6, 6.07) is 0.517. The minimum Gasteiger partial charge on any atom is -0.317 e. The first-order valence-electron chi connectivity index (χ1n) is 3.87. The Morgan fingerprint density at radius 1 is 1.60 bits per heavy atom. The molecule has 10 heavy (non-hydrogen) atoms. The van der Waals surface area contributed by atoms with Crippen molar-refractivity contribution in [2.24, 2.45) is 0 Å². The van der Waals surface area contributed by atoms with E-state index in [2.05, 4.69) is 12.2 Å². The van der Waals surface area contributed by atoms with E-state index >= 15 is 0 Å². The molecule has 0 aromatic rings. The molecule has 0 aliphatic carbocycles. The number of nitrogens with one attached hydrogen (secondary N) is 1. The smallest absolute Gasteiger partial charge is 0.129 e. The van der Waals surface area contributed by atoms with Gasteiger partial charge in [0.1, 0.15) is 5.78 Å². The van der Waals surface area contributed by atoms with E-state index in [1.165, 1.54) is 0 Å². The van der Waals surface area contributed by atoms with E-state index in [1.807, 2.05) is 7.05 Å². The van der Waals surface area contributed by atoms with Crippen molar-refractivity contribution < 1.29 is 4.79 Å². The molecule has 0 aliphatic rings. The van der Waals surface area contributed by atoms with Gasteiger partial charge in [0.2, 0.25) is 0 Å². The molecule has 0 spiro atoms. The van der Waals surface area contributed by atoms with Crippen LogP contribution in [0.25, 0.3) is 0 Å². The lowest BCUT2D eigenvalue weighted by Gasteiger charge is -2.11. The fraction of sp³-hybridized carbons (Fsp3) is 0.875. The molecule has 0 amide bonds. The van der Waals surface area contributed by atoms with Crippen molar-refractivity contribution in [2.45, 2.75) is 39.2 Å². The summed E-state index contributed by atoms with van der Waals surface area (Å²) in [5.41, 5.74) is 0. The van der Waals surface area contributed by atoms with Crippen LogP contribution in [-0.2, 0) is 4.79 Å². The summed E-state index contributed by atoms with van der Waals surface area (Å²) in [7, 11) is 1.94. The summed E-state index contributed by atoms with van der Waals surface area (Å²) < 4.78 is 0. The number of ketones is 1. The average molecular weight is 143 g/mol. The zero-order valence-electron chi connectivity index (χ0n) is 7.11. The second kappa shape index (κ2) is 5.42. The maximum Gasteiger partial charge on any atom is 0.129 e. The van der Waals surface area contributed by atoms with Crippen LogP contribution in [0.4, 0.5) is 0 Å². The summed E-state index contributed by atoms with van der Waals surface area (Å²) in [6.07, 6.45) is 2.78. The topological polar surface area (TPSA) is 29.1 Å². The van der Waals surface area contributed by atoms with Gasteiger partial charge in [0.25, 0.3) is 0 Å². The Morgan fingerprint density at radius 2 is 2.20 bits per heavy atom. The van der Waals surface area contributed by atoms with Gasteiger partial charge in [0, 0.05) is 12.5 Å². The first kappa shape index (κ1) is 9.63. The van der Waals surface area contributed by atoms with E-state index in [1.54, 1.807) is 6.92 Å². The summed E-state index contributed by atoms with van der Waals surface area (Å²) in [5.74, 6) is 0.286. The molecule has 0 heterocycles. The van der Waals surface area contributed by atoms with Gasteiger partial charge in [-0.15, -0.1) is 0 Å². The Hall–Kier alpha value is -0.370. The van der Waals surface area contributed by atoms with Gasteiger partial charge in [-0.1, -0.05) is 6.92 Å². The zero-order chi connectivity index (χ0) is 7.98. The maximum absolute atomic E-state index is 10.6. The van der Waals surface area contributed by atoms with E-state index in [0.717, 1.165) is 12.8 Å². The predicted octanol–water partition coefficient (Wildman–Crippen LogP) is 1.35. The van der Waals surface area contributed by atoms with Crippen molar-refractivity contribution in [3.05, 3.63) is 0 Å². The van der Waals surface area contributed by atoms with Crippen molar-refractivity contribution in [3.8, 4) is 0 Å². The van der Waals surface area contributed by atoms with Crippen LogP contribution in [0.1, 0.15) is 33.1 Å². The van der Waals surface area contributed by atoms with E-state index in [9.17, 15) is 4.79 Å². The molecule has 0 aromatic carbocycles. The van der Waals surface area contributed by atoms with Crippen LogP contribution < -0.4 is 5.32 Å². The Balaban J connectivity index is 3.34. The first-order valence-corrected chi connectivity index (χ1v) is 3.87. The molecule has 0 saturated carbocycles. The van der Waals surface area contributed by atoms with Gasteiger partial charge in [-0.2, -0.15) is 0 Å². The van der Waals surface area contributed by atoms with Crippen molar-refractivity contribution in [3.63, 3.8) is 0 Å². The lowest BCUT2D eigenvalue weighted by Crippen LogP contribution is -2.24. The van der Waals surface area contributed by atoms with E-state index < -0.39 is 0 Å². The Kier molecular flexibility index (Phi) is 5.22. The van der Waals surface area contributed by atoms with E-state index in [-0.39, 0.29) is 5.78 Å². The molecule has 0 radical (unpaired) electrons. The Morgan fingerprint density at radius 3 is 2.50 bits per heavy atom. The molecule has 0 fully saturated rings. The summed E-state index contributed by atoms with van der Waals surface area (Å²) in [5, 5.41) is 3.15. The molecular weight excluding hydrogens is 126 g/mol. The van der Waals surface area contributed by atoms with Crippen molar-refractivity contribution in [2.75, 3.05) is 7.05 Å². The minimum atomic E-state index is 0.286. The standard InChI is InChI=1S/C8H17NO/c1-4-8(9-3)6-5-7(2)10/h8-9H,4-6H2,1-3H3. The molecule has 1 N–H and O–H groups in total. The van der Waals surface area contributed by atoms with Gasteiger partial charge in [0.05, 0.1) is 0 Å². The number of rotatable bonds is 5. The highest BCUT2D eigenvalue weighted by atomic mass is 16.1. The summed E-state index contributed by atoms with van der Waals surface area (Å²) >= 11 is 0. The van der Waals surface area contributed by atoms with Crippen molar-refractivity contribution in [1.29, 1.82) is 0 Å². The molecule has 0 rings (SSSR count). The quantitative estimate of drug-likeness (QED) is 0.629. The van der Waals surface area contributed by atoms with Crippen LogP contribution in [-0.4, -0.2) is 18.9 Å². The van der Waals surface area contributed by atoms with Crippen LogP contribution in [0.15, 0.2) is 0 Å². The van der Waals surface area contributed by atoms with Gasteiger partial charge >= 0.3 is 0 Å². The van der Waals surface area contributed by atoms with Crippen LogP contribution in [0, 0.1) is 0 Å². The van der Waals surface area contributed by atoms with Crippen LogP contribution in [0.3, 0.4) is 0 Å². The van der Waals surface area contributed by atoms with Crippen LogP contribution in [0.5, 0.6) is 0 Å². The molecule has 0 aliphatic heterocycles. The lowest BCUT2D eigenvalue weighted by molar-refractivity contribution is -0.117. The average Bonchev–Trinajstić information content (AvgIpc) is 1.90. The molecule has 0 aromatic heterocycles. The molecular formula is C8H17NO. The number of carbonyl (C=O) groups is 1. The number of Topliss-reactive ketones (excluding diaryl/α,β-unsaturated/α-hetero) is 1. The van der Waals surface area contributed by atoms with Crippen LogP contribution in [0.2, 0.25) is 0 Å². The SMILES string of the molecule is CCC(CCC(C)=O)NC. The number of hydrogen-bond acceptors (Lipinski definition) is 2. The van der Waals surface area contributed by atoms with Gasteiger partial charge in [-0.25, -0.2) is 0 Å². The minimum absolute atomic E-state index is 0.286. The molecule has 1 atom stereocenters. The molecule has 0 saturated heterocycles. The lowest BCUT2D eigenvalue weighted by atomic mass is 10.1. The number of hydrogen-bond donors (Lipinski definition) is 1. The molecule has 0 bridgehead atoms. The van der Waals surface area contributed by atoms with E-state index in [0.29, 0.717) is 12.5 Å². The molecule has 60 valence electrons. The largest absolute Gasteiger partial charge is 0.317 e. The fourth-order valence-electron chi connectivity index (χ4n) is 0.930. The normalized spacial score (nSPS) is 13.1. The van der Waals surface area contributed by atoms with Gasteiger partial charge in [0.15, 0.2) is 0 Å². The van der Waals surface area contributed by atoms with Gasteiger partial charge in [-0.3, -0.25) is 0 Å². The highest BCUT2D eigenvalue weighted by molar-refractivity contribution is 5.75. The first-order chi connectivity index (χ1) is 4.70. The highest BCUT2D eigenvalue weighted by Gasteiger charge is 2.02. The molecule has 2 heteroatoms. The maximum atomic E-state index is 10.6. The second-order valence-electron chi connectivity index (χ2n) is 2.63. The highest BCUT2D eigenvalue weighted by Crippen LogP contribution is 2.00. The van der Waals surface area contributed by atoms with Gasteiger partial charge in [-0.05, 0) is 26.8 Å². The fourth-order valence-corrected chi connectivity index (χ4v) is 0.930. The predicted molar refractivity (Wildman–Crippen MR) is 43.1 cm³/mol. The second-order valence-corrected chi connectivity index (χ2v) is 2.63. The monoisotopic (exact) mass is 143 g/mol. The third kappa shape index (κ3) is 4.50.